The Balaban J connectivity index is 2.76. The van der Waals surface area contributed by atoms with E-state index < -0.39 is 10.0 Å². The zero-order chi connectivity index (χ0) is 14.0. The third-order valence-corrected chi connectivity index (χ3v) is 3.86. The molecular weight excluding hydrogens is 334 g/mol. The number of primary sulfonamides is 1. The molecule has 0 atom stereocenters. The summed E-state index contributed by atoms with van der Waals surface area (Å²) < 4.78 is 29.0. The van der Waals surface area contributed by atoms with Gasteiger partial charge in [0.15, 0.2) is 0 Å². The Hall–Kier alpha value is -1.51. The third kappa shape index (κ3) is 2.91. The number of benzene rings is 1. The van der Waals surface area contributed by atoms with Crippen LogP contribution in [-0.4, -0.2) is 25.7 Å². The van der Waals surface area contributed by atoms with Crippen LogP contribution >= 0.6 is 15.9 Å². The Kier molecular flexibility index (Phi) is 3.83. The maximum absolute atomic E-state index is 11.7. The van der Waals surface area contributed by atoms with E-state index in [2.05, 4.69) is 26.1 Å². The molecule has 0 saturated heterocycles. The fraction of sp³-hybridized carbons (Fsp3) is 0.0909. The molecule has 0 radical (unpaired) electrons. The molecule has 19 heavy (non-hydrogen) atoms. The quantitative estimate of drug-likeness (QED) is 0.912. The second kappa shape index (κ2) is 5.24. The van der Waals surface area contributed by atoms with Crippen LogP contribution in [0, 0.1) is 0 Å². The van der Waals surface area contributed by atoms with E-state index in [-0.39, 0.29) is 10.8 Å². The van der Waals surface area contributed by atoms with Gasteiger partial charge in [0, 0.05) is 15.6 Å². The highest BCUT2D eigenvalue weighted by Gasteiger charge is 2.19. The molecule has 0 unspecified atom stereocenters. The van der Waals surface area contributed by atoms with Gasteiger partial charge in [-0.25, -0.2) is 13.6 Å². The highest BCUT2D eigenvalue weighted by molar-refractivity contribution is 9.10. The fourth-order valence-corrected chi connectivity index (χ4v) is 2.92. The lowest BCUT2D eigenvalue weighted by molar-refractivity contribution is 0.393. The van der Waals surface area contributed by atoms with E-state index in [1.165, 1.54) is 19.4 Å². The largest absolute Gasteiger partial charge is 0.479 e. The second-order valence-corrected chi connectivity index (χ2v) is 6.09. The zero-order valence-corrected chi connectivity index (χ0v) is 12.3. The monoisotopic (exact) mass is 343 g/mol. The maximum atomic E-state index is 11.7. The highest BCUT2D eigenvalue weighted by Crippen LogP contribution is 2.33. The van der Waals surface area contributed by atoms with Gasteiger partial charge in [-0.3, -0.25) is 0 Å². The predicted molar refractivity (Wildman–Crippen MR) is 73.1 cm³/mol. The van der Waals surface area contributed by atoms with Gasteiger partial charge in [0.1, 0.15) is 0 Å². The Morgan fingerprint density at radius 1 is 1.26 bits per heavy atom. The summed E-state index contributed by atoms with van der Waals surface area (Å²) in [6.45, 7) is 0. The lowest BCUT2D eigenvalue weighted by atomic mass is 10.1. The molecule has 0 amide bonds. The van der Waals surface area contributed by atoms with Gasteiger partial charge in [0.25, 0.3) is 0 Å². The van der Waals surface area contributed by atoms with Gasteiger partial charge in [-0.15, -0.1) is 5.10 Å². The van der Waals surface area contributed by atoms with Crippen molar-refractivity contribution >= 4 is 26.0 Å². The Bertz CT molecular complexity index is 719. The van der Waals surface area contributed by atoms with Crippen LogP contribution < -0.4 is 9.88 Å². The van der Waals surface area contributed by atoms with Crippen LogP contribution in [0.15, 0.2) is 39.8 Å². The SMILES string of the molecule is COc1nnccc1-c1ccc(Br)cc1S(N)(=O)=O. The van der Waals surface area contributed by atoms with Gasteiger partial charge in [0.05, 0.1) is 18.2 Å². The van der Waals surface area contributed by atoms with Crippen molar-refractivity contribution in [3.8, 4) is 17.0 Å². The van der Waals surface area contributed by atoms with Crippen LogP contribution in [0.4, 0.5) is 0 Å². The molecule has 6 nitrogen and oxygen atoms in total. The van der Waals surface area contributed by atoms with Crippen LogP contribution in [0.25, 0.3) is 11.1 Å². The van der Waals surface area contributed by atoms with Crippen molar-refractivity contribution in [3.63, 3.8) is 0 Å². The average molecular weight is 344 g/mol. The minimum Gasteiger partial charge on any atom is -0.479 e. The van der Waals surface area contributed by atoms with Crippen LogP contribution in [0.5, 0.6) is 5.88 Å². The minimum absolute atomic E-state index is 0.00632. The molecule has 100 valence electrons. The van der Waals surface area contributed by atoms with Crippen LogP contribution in [0.1, 0.15) is 0 Å². The van der Waals surface area contributed by atoms with E-state index in [0.29, 0.717) is 15.6 Å². The molecule has 0 aliphatic carbocycles. The predicted octanol–water partition coefficient (Wildman–Crippen LogP) is 1.56. The molecule has 2 N–H and O–H groups in total. The maximum Gasteiger partial charge on any atom is 0.241 e. The zero-order valence-electron chi connectivity index (χ0n) is 9.87. The van der Waals surface area contributed by atoms with Crippen molar-refractivity contribution in [2.75, 3.05) is 7.11 Å². The molecule has 0 aliphatic heterocycles. The standard InChI is InChI=1S/C11H10BrN3O3S/c1-18-11-9(4-5-14-15-11)8-3-2-7(12)6-10(8)19(13,16)17/h2-6H,1H3,(H2,13,16,17). The van der Waals surface area contributed by atoms with Gasteiger partial charge in [0.2, 0.25) is 15.9 Å². The summed E-state index contributed by atoms with van der Waals surface area (Å²) in [6.07, 6.45) is 1.45. The van der Waals surface area contributed by atoms with Crippen molar-refractivity contribution in [2.24, 2.45) is 5.14 Å². The second-order valence-electron chi connectivity index (χ2n) is 3.64. The van der Waals surface area contributed by atoms with Crippen molar-refractivity contribution in [1.82, 2.24) is 10.2 Å². The first-order chi connectivity index (χ1) is 8.93. The van der Waals surface area contributed by atoms with E-state index in [9.17, 15) is 8.42 Å². The summed E-state index contributed by atoms with van der Waals surface area (Å²) in [7, 11) is -2.43. The van der Waals surface area contributed by atoms with Gasteiger partial charge in [-0.1, -0.05) is 22.0 Å². The number of ether oxygens (including phenoxy) is 1. The Morgan fingerprint density at radius 2 is 2.00 bits per heavy atom. The number of nitrogens with zero attached hydrogens (tertiary/aromatic N) is 2. The number of methoxy groups -OCH3 is 1. The van der Waals surface area contributed by atoms with E-state index in [4.69, 9.17) is 9.88 Å². The summed E-state index contributed by atoms with van der Waals surface area (Å²) in [4.78, 5) is -0.00632. The van der Waals surface area contributed by atoms with Crippen LogP contribution in [-0.2, 0) is 10.0 Å². The molecule has 0 fully saturated rings. The van der Waals surface area contributed by atoms with Gasteiger partial charge < -0.3 is 4.74 Å². The lowest BCUT2D eigenvalue weighted by Gasteiger charge is -2.10. The number of aromatic nitrogens is 2. The van der Waals surface area contributed by atoms with Gasteiger partial charge in [-0.05, 0) is 18.2 Å². The molecule has 2 aromatic rings. The molecule has 0 aliphatic rings. The first kappa shape index (κ1) is 13.9. The summed E-state index contributed by atoms with van der Waals surface area (Å²) in [6, 6.07) is 6.39. The van der Waals surface area contributed by atoms with Crippen LogP contribution in [0.3, 0.4) is 0 Å². The molecule has 1 aromatic carbocycles. The minimum atomic E-state index is -3.86. The number of hydrogen-bond donors (Lipinski definition) is 1. The van der Waals surface area contributed by atoms with E-state index in [0.717, 1.165) is 0 Å². The van der Waals surface area contributed by atoms with Gasteiger partial charge in [-0.2, -0.15) is 5.10 Å². The molecule has 8 heteroatoms. The lowest BCUT2D eigenvalue weighted by Crippen LogP contribution is -2.13. The topological polar surface area (TPSA) is 95.2 Å². The Morgan fingerprint density at radius 3 is 2.63 bits per heavy atom. The molecule has 0 spiro atoms. The Labute approximate surface area is 118 Å². The summed E-state index contributed by atoms with van der Waals surface area (Å²) >= 11 is 3.22. The summed E-state index contributed by atoms with van der Waals surface area (Å²) in [5, 5.41) is 12.7. The number of hydrogen-bond acceptors (Lipinski definition) is 5. The normalized spacial score (nSPS) is 11.3. The highest BCUT2D eigenvalue weighted by atomic mass is 79.9. The first-order valence-electron chi connectivity index (χ1n) is 5.12. The number of sulfonamides is 1. The molecular formula is C11H10BrN3O3S. The molecule has 0 bridgehead atoms. The first-order valence-corrected chi connectivity index (χ1v) is 7.46. The van der Waals surface area contributed by atoms with Crippen molar-refractivity contribution in [3.05, 3.63) is 34.9 Å². The van der Waals surface area contributed by atoms with Gasteiger partial charge >= 0.3 is 0 Å². The molecule has 0 saturated carbocycles. The number of rotatable bonds is 3. The average Bonchev–Trinajstić information content (AvgIpc) is 2.37. The van der Waals surface area contributed by atoms with Crippen molar-refractivity contribution in [2.45, 2.75) is 4.90 Å². The fourth-order valence-electron chi connectivity index (χ4n) is 1.63. The third-order valence-electron chi connectivity index (χ3n) is 2.42. The van der Waals surface area contributed by atoms with E-state index >= 15 is 0 Å². The number of nitrogens with two attached hydrogens (primary N) is 1. The van der Waals surface area contributed by atoms with E-state index in [1.807, 2.05) is 0 Å². The summed E-state index contributed by atoms with van der Waals surface area (Å²) in [5.41, 5.74) is 0.923. The molecule has 2 rings (SSSR count). The van der Waals surface area contributed by atoms with Crippen LogP contribution in [0.2, 0.25) is 0 Å². The molecule has 1 heterocycles. The smallest absolute Gasteiger partial charge is 0.241 e. The number of halogens is 1. The molecule has 1 aromatic heterocycles. The van der Waals surface area contributed by atoms with Crippen molar-refractivity contribution in [1.29, 1.82) is 0 Å². The van der Waals surface area contributed by atoms with Crippen molar-refractivity contribution < 1.29 is 13.2 Å². The van der Waals surface area contributed by atoms with E-state index in [1.54, 1.807) is 18.2 Å². The summed E-state index contributed by atoms with van der Waals surface area (Å²) in [5.74, 6) is 0.231.